The van der Waals surface area contributed by atoms with E-state index >= 15 is 0 Å². The van der Waals surface area contributed by atoms with Gasteiger partial charge in [-0.25, -0.2) is 0 Å². The fourth-order valence-corrected chi connectivity index (χ4v) is 2.27. The highest BCUT2D eigenvalue weighted by atomic mass is 79.9. The third-order valence-corrected chi connectivity index (χ3v) is 3.53. The van der Waals surface area contributed by atoms with Crippen LogP contribution in [0.1, 0.15) is 19.8 Å². The van der Waals surface area contributed by atoms with E-state index in [2.05, 4.69) is 15.9 Å². The molecule has 1 saturated heterocycles. The molecule has 0 aromatic heterocycles. The Kier molecular flexibility index (Phi) is 4.19. The molecular weight excluding hydrogens is 302 g/mol. The lowest BCUT2D eigenvalue weighted by molar-refractivity contribution is -0.385. The first-order chi connectivity index (χ1) is 8.56. The van der Waals surface area contributed by atoms with Gasteiger partial charge in [-0.15, -0.1) is 0 Å². The van der Waals surface area contributed by atoms with Gasteiger partial charge in [-0.3, -0.25) is 10.1 Å². The number of ether oxygens (including phenoxy) is 2. The highest BCUT2D eigenvalue weighted by Crippen LogP contribution is 2.30. The van der Waals surface area contributed by atoms with Crippen LogP contribution in [0.2, 0.25) is 0 Å². The van der Waals surface area contributed by atoms with E-state index in [0.29, 0.717) is 16.8 Å². The van der Waals surface area contributed by atoms with Gasteiger partial charge in [0.15, 0.2) is 0 Å². The van der Waals surface area contributed by atoms with Crippen LogP contribution in [0, 0.1) is 10.1 Å². The summed E-state index contributed by atoms with van der Waals surface area (Å²) in [5, 5.41) is 10.7. The third kappa shape index (κ3) is 3.20. The van der Waals surface area contributed by atoms with Crippen molar-refractivity contribution in [3.8, 4) is 5.75 Å². The second kappa shape index (κ2) is 5.67. The van der Waals surface area contributed by atoms with Crippen molar-refractivity contribution in [1.29, 1.82) is 0 Å². The van der Waals surface area contributed by atoms with Gasteiger partial charge in [0.25, 0.3) is 5.69 Å². The number of rotatable bonds is 4. The summed E-state index contributed by atoms with van der Waals surface area (Å²) < 4.78 is 11.9. The SMILES string of the molecule is CC1CCC(COc2cc([N+](=O)[O-])ccc2Br)O1. The standard InChI is InChI=1S/C12H14BrNO4/c1-8-2-4-10(18-8)7-17-12-6-9(14(15)16)3-5-11(12)13/h3,5-6,8,10H,2,4,7H2,1H3. The van der Waals surface area contributed by atoms with E-state index in [-0.39, 0.29) is 17.9 Å². The van der Waals surface area contributed by atoms with Crippen LogP contribution in [0.4, 0.5) is 5.69 Å². The summed E-state index contributed by atoms with van der Waals surface area (Å²) in [5.41, 5.74) is 0.0221. The van der Waals surface area contributed by atoms with E-state index in [1.54, 1.807) is 6.07 Å². The summed E-state index contributed by atoms with van der Waals surface area (Å²) in [4.78, 5) is 10.2. The average Bonchev–Trinajstić information content (AvgIpc) is 2.74. The van der Waals surface area contributed by atoms with Crippen molar-refractivity contribution in [2.45, 2.75) is 32.0 Å². The quantitative estimate of drug-likeness (QED) is 0.631. The van der Waals surface area contributed by atoms with Crippen molar-refractivity contribution in [2.75, 3.05) is 6.61 Å². The molecule has 0 N–H and O–H groups in total. The molecule has 2 atom stereocenters. The molecule has 98 valence electrons. The summed E-state index contributed by atoms with van der Waals surface area (Å²) >= 11 is 3.31. The van der Waals surface area contributed by atoms with Crippen LogP contribution in [0.25, 0.3) is 0 Å². The summed E-state index contributed by atoms with van der Waals surface area (Å²) in [6, 6.07) is 4.47. The Labute approximate surface area is 113 Å². The third-order valence-electron chi connectivity index (χ3n) is 2.87. The van der Waals surface area contributed by atoms with Crippen molar-refractivity contribution in [3.05, 3.63) is 32.8 Å². The Bertz CT molecular complexity index is 452. The van der Waals surface area contributed by atoms with Crippen LogP contribution < -0.4 is 4.74 Å². The molecule has 6 heteroatoms. The average molecular weight is 316 g/mol. The second-order valence-electron chi connectivity index (χ2n) is 4.33. The molecule has 1 aliphatic rings. The number of benzene rings is 1. The van der Waals surface area contributed by atoms with E-state index in [1.165, 1.54) is 12.1 Å². The summed E-state index contributed by atoms with van der Waals surface area (Å²) in [6.07, 6.45) is 2.34. The van der Waals surface area contributed by atoms with Gasteiger partial charge in [0.05, 0.1) is 27.7 Å². The minimum atomic E-state index is -0.437. The number of hydrogen-bond donors (Lipinski definition) is 0. The molecule has 2 unspecified atom stereocenters. The van der Waals surface area contributed by atoms with Gasteiger partial charge in [-0.05, 0) is 41.8 Å². The zero-order valence-electron chi connectivity index (χ0n) is 9.97. The van der Waals surface area contributed by atoms with Gasteiger partial charge >= 0.3 is 0 Å². The lowest BCUT2D eigenvalue weighted by Crippen LogP contribution is -2.18. The summed E-state index contributed by atoms with van der Waals surface area (Å²) in [6.45, 7) is 2.45. The van der Waals surface area contributed by atoms with Crippen LogP contribution >= 0.6 is 15.9 Å². The molecule has 0 spiro atoms. The predicted molar refractivity (Wildman–Crippen MR) is 69.9 cm³/mol. The number of nitro groups is 1. The molecule has 0 radical (unpaired) electrons. The maximum atomic E-state index is 10.7. The molecule has 0 saturated carbocycles. The lowest BCUT2D eigenvalue weighted by atomic mass is 10.2. The predicted octanol–water partition coefficient (Wildman–Crippen LogP) is 3.30. The first kappa shape index (κ1) is 13.3. The van der Waals surface area contributed by atoms with Crippen LogP contribution in [0.5, 0.6) is 5.75 Å². The van der Waals surface area contributed by atoms with Gasteiger partial charge in [0.2, 0.25) is 0 Å². The Morgan fingerprint density at radius 1 is 1.56 bits per heavy atom. The molecule has 1 heterocycles. The Hall–Kier alpha value is -1.14. The van der Waals surface area contributed by atoms with E-state index in [1.807, 2.05) is 6.92 Å². The second-order valence-corrected chi connectivity index (χ2v) is 5.18. The molecule has 2 rings (SSSR count). The fourth-order valence-electron chi connectivity index (χ4n) is 1.91. The van der Waals surface area contributed by atoms with Crippen LogP contribution in [-0.2, 0) is 4.74 Å². The van der Waals surface area contributed by atoms with Gasteiger partial charge in [-0.2, -0.15) is 0 Å². The zero-order chi connectivity index (χ0) is 13.1. The molecular formula is C12H14BrNO4. The highest BCUT2D eigenvalue weighted by molar-refractivity contribution is 9.10. The number of nitro benzene ring substituents is 1. The van der Waals surface area contributed by atoms with Crippen molar-refractivity contribution >= 4 is 21.6 Å². The maximum absolute atomic E-state index is 10.7. The molecule has 5 nitrogen and oxygen atoms in total. The Morgan fingerprint density at radius 3 is 2.94 bits per heavy atom. The molecule has 0 bridgehead atoms. The zero-order valence-corrected chi connectivity index (χ0v) is 11.6. The lowest BCUT2D eigenvalue weighted by Gasteiger charge is -2.13. The van der Waals surface area contributed by atoms with Crippen LogP contribution in [0.3, 0.4) is 0 Å². The largest absolute Gasteiger partial charge is 0.489 e. The van der Waals surface area contributed by atoms with Crippen LogP contribution in [-0.4, -0.2) is 23.7 Å². The van der Waals surface area contributed by atoms with Gasteiger partial charge in [0, 0.05) is 6.07 Å². The molecule has 1 fully saturated rings. The smallest absolute Gasteiger partial charge is 0.273 e. The minimum Gasteiger partial charge on any atom is -0.489 e. The fraction of sp³-hybridized carbons (Fsp3) is 0.500. The number of halogens is 1. The van der Waals surface area contributed by atoms with Crippen molar-refractivity contribution in [2.24, 2.45) is 0 Å². The summed E-state index contributed by atoms with van der Waals surface area (Å²) in [5.74, 6) is 0.479. The Balaban J connectivity index is 2.00. The molecule has 18 heavy (non-hydrogen) atoms. The monoisotopic (exact) mass is 315 g/mol. The summed E-state index contributed by atoms with van der Waals surface area (Å²) in [7, 11) is 0. The van der Waals surface area contributed by atoms with Gasteiger partial charge in [-0.1, -0.05) is 0 Å². The number of hydrogen-bond acceptors (Lipinski definition) is 4. The van der Waals surface area contributed by atoms with Crippen molar-refractivity contribution in [1.82, 2.24) is 0 Å². The Morgan fingerprint density at radius 2 is 2.33 bits per heavy atom. The minimum absolute atomic E-state index is 0.0221. The van der Waals surface area contributed by atoms with Gasteiger partial charge in [0.1, 0.15) is 12.4 Å². The van der Waals surface area contributed by atoms with E-state index in [0.717, 1.165) is 12.8 Å². The van der Waals surface area contributed by atoms with E-state index in [9.17, 15) is 10.1 Å². The van der Waals surface area contributed by atoms with Gasteiger partial charge < -0.3 is 9.47 Å². The molecule has 1 aromatic carbocycles. The molecule has 1 aliphatic heterocycles. The topological polar surface area (TPSA) is 61.6 Å². The number of non-ortho nitro benzene ring substituents is 1. The first-order valence-corrected chi connectivity index (χ1v) is 6.58. The molecule has 0 aliphatic carbocycles. The highest BCUT2D eigenvalue weighted by Gasteiger charge is 2.22. The first-order valence-electron chi connectivity index (χ1n) is 5.78. The van der Waals surface area contributed by atoms with Crippen molar-refractivity contribution < 1.29 is 14.4 Å². The number of nitrogens with zero attached hydrogens (tertiary/aromatic N) is 1. The maximum Gasteiger partial charge on any atom is 0.273 e. The molecule has 1 aromatic rings. The van der Waals surface area contributed by atoms with Crippen LogP contribution in [0.15, 0.2) is 22.7 Å². The van der Waals surface area contributed by atoms with E-state index in [4.69, 9.17) is 9.47 Å². The van der Waals surface area contributed by atoms with Crippen molar-refractivity contribution in [3.63, 3.8) is 0 Å². The molecule has 0 amide bonds. The van der Waals surface area contributed by atoms with E-state index < -0.39 is 4.92 Å². The normalized spacial score (nSPS) is 23.0.